The summed E-state index contributed by atoms with van der Waals surface area (Å²) < 4.78 is 0. The molecule has 29 heavy (non-hydrogen) atoms. The summed E-state index contributed by atoms with van der Waals surface area (Å²) in [6.07, 6.45) is 5.63. The Morgan fingerprint density at radius 2 is 1.34 bits per heavy atom. The molecule has 0 aliphatic carbocycles. The third kappa shape index (κ3) is 4.21. The fourth-order valence-corrected chi connectivity index (χ4v) is 4.03. The van der Waals surface area contributed by atoms with Gasteiger partial charge in [0.1, 0.15) is 0 Å². The van der Waals surface area contributed by atoms with Gasteiger partial charge < -0.3 is 0 Å². The Morgan fingerprint density at radius 3 is 2.03 bits per heavy atom. The molecular weight excluding hydrogens is 358 g/mol. The molecule has 3 heterocycles. The quantitative estimate of drug-likeness (QED) is 0.567. The van der Waals surface area contributed by atoms with Crippen molar-refractivity contribution in [3.05, 3.63) is 84.3 Å². The van der Waals surface area contributed by atoms with Crippen molar-refractivity contribution >= 4 is 10.9 Å². The van der Waals surface area contributed by atoms with Crippen molar-refractivity contribution in [1.82, 2.24) is 25.0 Å². The van der Waals surface area contributed by atoms with Gasteiger partial charge in [0.15, 0.2) is 0 Å². The van der Waals surface area contributed by atoms with Crippen LogP contribution in [0.2, 0.25) is 0 Å². The van der Waals surface area contributed by atoms with Gasteiger partial charge in [-0.1, -0.05) is 30.3 Å². The van der Waals surface area contributed by atoms with Gasteiger partial charge in [0.2, 0.25) is 0 Å². The lowest BCUT2D eigenvalue weighted by molar-refractivity contribution is 0.122. The highest BCUT2D eigenvalue weighted by atomic mass is 15.3. The van der Waals surface area contributed by atoms with E-state index in [4.69, 9.17) is 0 Å². The molecule has 0 unspecified atom stereocenters. The Kier molecular flexibility index (Phi) is 5.07. The SMILES string of the molecule is c1cc(CN2CCN(Cc3ccc(-c4ccc5[nH]ncc5c4)cc3)CC2)ccn1. The van der Waals surface area contributed by atoms with Crippen LogP contribution in [0.3, 0.4) is 0 Å². The molecule has 0 bridgehead atoms. The topological polar surface area (TPSA) is 48.0 Å². The summed E-state index contributed by atoms with van der Waals surface area (Å²) >= 11 is 0. The first kappa shape index (κ1) is 18.0. The van der Waals surface area contributed by atoms with Gasteiger partial charge in [-0.25, -0.2) is 0 Å². The van der Waals surface area contributed by atoms with Crippen molar-refractivity contribution in [3.8, 4) is 11.1 Å². The second-order valence-electron chi connectivity index (χ2n) is 7.78. The molecule has 0 saturated carbocycles. The molecule has 1 saturated heterocycles. The van der Waals surface area contributed by atoms with Gasteiger partial charge in [-0.05, 0) is 46.5 Å². The standard InChI is InChI=1S/C24H25N5/c1-3-21(22-5-6-24-23(15-22)16-26-27-24)4-2-19(1)17-28-11-13-29(14-12-28)18-20-7-9-25-10-8-20/h1-10,15-16H,11-14,17-18H2,(H,26,27). The molecule has 0 amide bonds. The van der Waals surface area contributed by atoms with E-state index in [1.807, 2.05) is 18.6 Å². The molecule has 5 heteroatoms. The summed E-state index contributed by atoms with van der Waals surface area (Å²) in [5.41, 5.74) is 6.28. The lowest BCUT2D eigenvalue weighted by Crippen LogP contribution is -2.45. The highest BCUT2D eigenvalue weighted by Gasteiger charge is 2.17. The van der Waals surface area contributed by atoms with Crippen LogP contribution in [-0.4, -0.2) is 51.2 Å². The molecule has 0 spiro atoms. The highest BCUT2D eigenvalue weighted by Crippen LogP contribution is 2.24. The Bertz CT molecular complexity index is 1060. The Morgan fingerprint density at radius 1 is 0.724 bits per heavy atom. The van der Waals surface area contributed by atoms with Gasteiger partial charge in [-0.3, -0.25) is 19.9 Å². The highest BCUT2D eigenvalue weighted by molar-refractivity contribution is 5.83. The molecule has 1 aliphatic heterocycles. The second-order valence-corrected chi connectivity index (χ2v) is 7.78. The third-order valence-electron chi connectivity index (χ3n) is 5.75. The van der Waals surface area contributed by atoms with E-state index in [2.05, 4.69) is 79.6 Å². The molecule has 5 rings (SSSR count). The number of nitrogens with one attached hydrogen (secondary N) is 1. The molecule has 146 valence electrons. The predicted octanol–water partition coefficient (Wildman–Crippen LogP) is 3.94. The minimum absolute atomic E-state index is 1.02. The van der Waals surface area contributed by atoms with E-state index in [0.29, 0.717) is 0 Å². The second kappa shape index (κ2) is 8.15. The number of hydrogen-bond donors (Lipinski definition) is 1. The van der Waals surface area contributed by atoms with Crippen LogP contribution in [0.15, 0.2) is 73.2 Å². The summed E-state index contributed by atoms with van der Waals surface area (Å²) in [5.74, 6) is 0. The normalized spacial score (nSPS) is 15.7. The third-order valence-corrected chi connectivity index (χ3v) is 5.75. The van der Waals surface area contributed by atoms with Crippen molar-refractivity contribution in [3.63, 3.8) is 0 Å². The minimum Gasteiger partial charge on any atom is -0.297 e. The zero-order valence-electron chi connectivity index (χ0n) is 16.5. The first-order chi connectivity index (χ1) is 14.3. The van der Waals surface area contributed by atoms with E-state index in [0.717, 1.165) is 50.2 Å². The van der Waals surface area contributed by atoms with E-state index in [-0.39, 0.29) is 0 Å². The Hall–Kier alpha value is -3.02. The molecule has 0 atom stereocenters. The number of rotatable bonds is 5. The van der Waals surface area contributed by atoms with Crippen molar-refractivity contribution in [2.24, 2.45) is 0 Å². The zero-order valence-corrected chi connectivity index (χ0v) is 16.5. The molecule has 5 nitrogen and oxygen atoms in total. The zero-order chi connectivity index (χ0) is 19.5. The summed E-state index contributed by atoms with van der Waals surface area (Å²) in [6.45, 7) is 6.50. The number of benzene rings is 2. The van der Waals surface area contributed by atoms with Crippen LogP contribution in [0.5, 0.6) is 0 Å². The molecular formula is C24H25N5. The molecule has 0 radical (unpaired) electrons. The molecule has 2 aromatic carbocycles. The van der Waals surface area contributed by atoms with Crippen LogP contribution in [0.25, 0.3) is 22.0 Å². The summed E-state index contributed by atoms with van der Waals surface area (Å²) in [6, 6.07) is 19.6. The number of nitrogens with zero attached hydrogens (tertiary/aromatic N) is 4. The maximum atomic E-state index is 4.11. The number of pyridine rings is 1. The van der Waals surface area contributed by atoms with Crippen LogP contribution < -0.4 is 0 Å². The average molecular weight is 383 g/mol. The van der Waals surface area contributed by atoms with Gasteiger partial charge >= 0.3 is 0 Å². The van der Waals surface area contributed by atoms with E-state index >= 15 is 0 Å². The monoisotopic (exact) mass is 383 g/mol. The van der Waals surface area contributed by atoms with Gasteiger partial charge in [0.05, 0.1) is 11.7 Å². The average Bonchev–Trinajstić information content (AvgIpc) is 3.24. The number of aromatic amines is 1. The summed E-state index contributed by atoms with van der Waals surface area (Å²) in [7, 11) is 0. The molecule has 1 N–H and O–H groups in total. The van der Waals surface area contributed by atoms with Gasteiger partial charge in [-0.2, -0.15) is 5.10 Å². The van der Waals surface area contributed by atoms with E-state index in [9.17, 15) is 0 Å². The van der Waals surface area contributed by atoms with Gasteiger partial charge in [-0.15, -0.1) is 0 Å². The number of aromatic nitrogens is 3. The van der Waals surface area contributed by atoms with E-state index in [1.165, 1.54) is 22.3 Å². The van der Waals surface area contributed by atoms with Crippen molar-refractivity contribution < 1.29 is 0 Å². The Balaban J connectivity index is 1.17. The van der Waals surface area contributed by atoms with Crippen LogP contribution >= 0.6 is 0 Å². The number of H-pyrrole nitrogens is 1. The summed E-state index contributed by atoms with van der Waals surface area (Å²) in [5, 5.41) is 8.26. The van der Waals surface area contributed by atoms with Crippen molar-refractivity contribution in [2.45, 2.75) is 13.1 Å². The first-order valence-corrected chi connectivity index (χ1v) is 10.2. The van der Waals surface area contributed by atoms with E-state index < -0.39 is 0 Å². The van der Waals surface area contributed by atoms with Crippen LogP contribution in [0.4, 0.5) is 0 Å². The van der Waals surface area contributed by atoms with Crippen LogP contribution in [0.1, 0.15) is 11.1 Å². The fourth-order valence-electron chi connectivity index (χ4n) is 4.03. The lowest BCUT2D eigenvalue weighted by atomic mass is 10.0. The largest absolute Gasteiger partial charge is 0.297 e. The van der Waals surface area contributed by atoms with Gasteiger partial charge in [0.25, 0.3) is 0 Å². The number of fused-ring (bicyclic) bond motifs is 1. The lowest BCUT2D eigenvalue weighted by Gasteiger charge is -2.34. The van der Waals surface area contributed by atoms with Crippen LogP contribution in [0, 0.1) is 0 Å². The Labute approximate surface area is 171 Å². The van der Waals surface area contributed by atoms with E-state index in [1.54, 1.807) is 0 Å². The molecule has 2 aromatic heterocycles. The smallest absolute Gasteiger partial charge is 0.0650 e. The first-order valence-electron chi connectivity index (χ1n) is 10.2. The van der Waals surface area contributed by atoms with Gasteiger partial charge in [0, 0.05) is 57.0 Å². The van der Waals surface area contributed by atoms with Crippen LogP contribution in [-0.2, 0) is 13.1 Å². The maximum Gasteiger partial charge on any atom is 0.0650 e. The van der Waals surface area contributed by atoms with Crippen molar-refractivity contribution in [2.75, 3.05) is 26.2 Å². The maximum absolute atomic E-state index is 4.11. The fraction of sp³-hybridized carbons (Fsp3) is 0.250. The number of piperazine rings is 1. The predicted molar refractivity (Wildman–Crippen MR) is 116 cm³/mol. The number of hydrogen-bond acceptors (Lipinski definition) is 4. The summed E-state index contributed by atoms with van der Waals surface area (Å²) in [4.78, 5) is 9.18. The molecule has 1 aliphatic rings. The minimum atomic E-state index is 1.02. The molecule has 1 fully saturated rings. The molecule has 4 aromatic rings. The van der Waals surface area contributed by atoms with Crippen molar-refractivity contribution in [1.29, 1.82) is 0 Å².